The molecule has 0 aliphatic carbocycles. The van der Waals surface area contributed by atoms with Crippen LogP contribution in [0.25, 0.3) is 0 Å². The summed E-state index contributed by atoms with van der Waals surface area (Å²) in [6, 6.07) is 14.2. The lowest BCUT2D eigenvalue weighted by molar-refractivity contribution is -0.134. The number of benzene rings is 2. The van der Waals surface area contributed by atoms with Gasteiger partial charge < -0.3 is 35.3 Å². The molecule has 0 radical (unpaired) electrons. The molecule has 0 saturated carbocycles. The fourth-order valence-corrected chi connectivity index (χ4v) is 5.26. The van der Waals surface area contributed by atoms with E-state index < -0.39 is 36.9 Å². The van der Waals surface area contributed by atoms with Crippen LogP contribution in [-0.4, -0.2) is 117 Å². The minimum atomic E-state index is -2.90. The van der Waals surface area contributed by atoms with Crippen LogP contribution in [0.4, 0.5) is 11.4 Å². The number of piperazine rings is 1. The molecule has 14 heteroatoms. The first-order valence-electron chi connectivity index (χ1n) is 15.5. The number of Topliss-reactive ketones (excluding diaryl/α,β-unsaturated/α-hetero) is 1. The predicted molar refractivity (Wildman–Crippen MR) is 167 cm³/mol. The molecule has 0 atom stereocenters. The van der Waals surface area contributed by atoms with Gasteiger partial charge in [-0.1, -0.05) is 30.0 Å². The van der Waals surface area contributed by atoms with Crippen LogP contribution >= 0.6 is 11.8 Å². The number of anilines is 2. The summed E-state index contributed by atoms with van der Waals surface area (Å²) in [4.78, 5) is 58.4. The summed E-state index contributed by atoms with van der Waals surface area (Å²) in [6.07, 6.45) is 3.12. The minimum absolute atomic E-state index is 0.0478. The van der Waals surface area contributed by atoms with Crippen molar-refractivity contribution in [1.29, 1.82) is 0 Å². The van der Waals surface area contributed by atoms with Gasteiger partial charge in [0, 0.05) is 81.6 Å². The Balaban J connectivity index is 0.000000432. The minimum Gasteiger partial charge on any atom is -0.478 e. The van der Waals surface area contributed by atoms with Crippen molar-refractivity contribution in [2.24, 2.45) is 0 Å². The smallest absolute Gasteiger partial charge is 0.328 e. The molecule has 0 bridgehead atoms. The van der Waals surface area contributed by atoms with E-state index in [1.165, 1.54) is 9.80 Å². The molecule has 1 saturated heterocycles. The standard InChI is InChI=1S/C23H29N3O2S.2C4H4O4/c1-18(28)19-7-8-23-21(17-19)26(20-5-2-3-6-22(20)29-23)10-4-9-24-11-13-25(14-12-24)15-16-27;2*5-3(6)1-2-4(7)8/h2-3,5-8,17,27H,4,9-16H2,1H3;2*1-2H,(H,5,6)(H,7,8)/b;2*2-1+/i15D2,16D2;;. The summed E-state index contributed by atoms with van der Waals surface area (Å²) in [5.74, 6) is -4.98. The quantitative estimate of drug-likeness (QED) is 0.176. The lowest BCUT2D eigenvalue weighted by atomic mass is 10.1. The molecule has 2 aromatic rings. The van der Waals surface area contributed by atoms with Gasteiger partial charge in [-0.25, -0.2) is 19.2 Å². The van der Waals surface area contributed by atoms with Crippen molar-refractivity contribution in [3.05, 3.63) is 72.3 Å². The Hall–Kier alpha value is -4.50. The van der Waals surface area contributed by atoms with E-state index in [0.717, 1.165) is 35.8 Å². The van der Waals surface area contributed by atoms with Gasteiger partial charge in [0.05, 0.1) is 20.7 Å². The number of nitrogens with zero attached hydrogens (tertiary/aromatic N) is 3. The van der Waals surface area contributed by atoms with Crippen LogP contribution in [0, 0.1) is 0 Å². The number of carboxylic acids is 4. The van der Waals surface area contributed by atoms with Crippen LogP contribution in [0.5, 0.6) is 0 Å². The van der Waals surface area contributed by atoms with E-state index in [-0.39, 0.29) is 5.78 Å². The lowest BCUT2D eigenvalue weighted by Crippen LogP contribution is -2.47. The summed E-state index contributed by atoms with van der Waals surface area (Å²) in [6.45, 7) is -0.154. The van der Waals surface area contributed by atoms with E-state index >= 15 is 0 Å². The number of hydrogen-bond donors (Lipinski definition) is 5. The Labute approximate surface area is 270 Å². The normalized spacial score (nSPS) is 16.4. The van der Waals surface area contributed by atoms with E-state index in [2.05, 4.69) is 21.9 Å². The Morgan fingerprint density at radius 2 is 1.27 bits per heavy atom. The van der Waals surface area contributed by atoms with Crippen LogP contribution in [-0.2, 0) is 19.2 Å². The van der Waals surface area contributed by atoms with Gasteiger partial charge in [0.1, 0.15) is 0 Å². The maximum Gasteiger partial charge on any atom is 0.328 e. The van der Waals surface area contributed by atoms with Gasteiger partial charge in [0.2, 0.25) is 0 Å². The van der Waals surface area contributed by atoms with Crippen LogP contribution in [0.2, 0.25) is 0 Å². The van der Waals surface area contributed by atoms with Crippen molar-refractivity contribution in [2.75, 3.05) is 57.2 Å². The molecule has 242 valence electrons. The largest absolute Gasteiger partial charge is 0.478 e. The highest BCUT2D eigenvalue weighted by Gasteiger charge is 2.24. The monoisotopic (exact) mass is 647 g/mol. The molecule has 0 amide bonds. The number of para-hydroxylation sites is 1. The average molecular weight is 648 g/mol. The summed E-state index contributed by atoms with van der Waals surface area (Å²) in [5.41, 5.74) is 2.89. The molecular weight excluding hydrogens is 606 g/mol. The Bertz CT molecular complexity index is 1510. The third-order valence-corrected chi connectivity index (χ3v) is 7.34. The fourth-order valence-electron chi connectivity index (χ4n) is 4.18. The number of fused-ring (bicyclic) bond motifs is 2. The fraction of sp³-hybridized carbons (Fsp3) is 0.323. The zero-order chi connectivity index (χ0) is 36.9. The second-order valence-electron chi connectivity index (χ2n) is 9.39. The zero-order valence-corrected chi connectivity index (χ0v) is 25.1. The number of rotatable bonds is 11. The van der Waals surface area contributed by atoms with Gasteiger partial charge in [-0.05, 0) is 44.2 Å². The van der Waals surface area contributed by atoms with E-state index in [4.69, 9.17) is 25.9 Å². The summed E-state index contributed by atoms with van der Waals surface area (Å²) in [7, 11) is 0. The third-order valence-electron chi connectivity index (χ3n) is 6.21. The van der Waals surface area contributed by atoms with E-state index in [0.29, 0.717) is 56.0 Å². The topological polar surface area (TPSA) is 196 Å². The maximum absolute atomic E-state index is 12.0. The molecule has 5 N–H and O–H groups in total. The Morgan fingerprint density at radius 1 is 0.756 bits per heavy atom. The first-order valence-corrected chi connectivity index (χ1v) is 14.3. The molecule has 0 aromatic heterocycles. The van der Waals surface area contributed by atoms with Gasteiger partial charge >= 0.3 is 23.9 Å². The highest BCUT2D eigenvalue weighted by molar-refractivity contribution is 7.99. The van der Waals surface area contributed by atoms with Gasteiger partial charge in [-0.2, -0.15) is 0 Å². The highest BCUT2D eigenvalue weighted by Crippen LogP contribution is 2.48. The molecule has 0 unspecified atom stereocenters. The molecule has 0 spiro atoms. The van der Waals surface area contributed by atoms with Crippen LogP contribution in [0.15, 0.2) is 76.6 Å². The van der Waals surface area contributed by atoms with Crippen molar-refractivity contribution in [1.82, 2.24) is 9.80 Å². The summed E-state index contributed by atoms with van der Waals surface area (Å²) in [5, 5.41) is 40.8. The molecule has 45 heavy (non-hydrogen) atoms. The predicted octanol–water partition coefficient (Wildman–Crippen LogP) is 2.92. The third kappa shape index (κ3) is 13.4. The Kier molecular flexibility index (Phi) is 12.9. The second-order valence-corrected chi connectivity index (χ2v) is 10.5. The molecule has 13 nitrogen and oxygen atoms in total. The number of aliphatic carboxylic acids is 4. The molecule has 1 fully saturated rings. The molecule has 2 aliphatic heterocycles. The summed E-state index contributed by atoms with van der Waals surface area (Å²) < 4.78 is 30.6. The van der Waals surface area contributed by atoms with Gasteiger partial charge in [0.25, 0.3) is 0 Å². The molecular formula is C31H37N3O10S. The van der Waals surface area contributed by atoms with Crippen molar-refractivity contribution in [3.8, 4) is 0 Å². The molecule has 2 heterocycles. The second kappa shape index (κ2) is 19.0. The van der Waals surface area contributed by atoms with E-state index in [1.54, 1.807) is 18.7 Å². The number of aliphatic hydroxyl groups is 1. The van der Waals surface area contributed by atoms with Crippen molar-refractivity contribution < 1.29 is 55.0 Å². The highest BCUT2D eigenvalue weighted by atomic mass is 32.2. The molecule has 4 rings (SSSR count). The van der Waals surface area contributed by atoms with Gasteiger partial charge in [0.15, 0.2) is 5.78 Å². The molecule has 2 aliphatic rings. The number of carbonyl (C=O) groups is 5. The van der Waals surface area contributed by atoms with Crippen LogP contribution in [0.1, 0.15) is 29.2 Å². The molecule has 2 aromatic carbocycles. The average Bonchev–Trinajstić information content (AvgIpc) is 3.02. The first-order chi connectivity index (χ1) is 22.8. The lowest BCUT2D eigenvalue weighted by Gasteiger charge is -2.36. The van der Waals surface area contributed by atoms with Crippen LogP contribution in [0.3, 0.4) is 0 Å². The van der Waals surface area contributed by atoms with E-state index in [9.17, 15) is 29.1 Å². The van der Waals surface area contributed by atoms with Crippen molar-refractivity contribution in [2.45, 2.75) is 23.1 Å². The summed E-state index contributed by atoms with van der Waals surface area (Å²) >= 11 is 1.72. The van der Waals surface area contributed by atoms with Crippen molar-refractivity contribution >= 4 is 52.8 Å². The SMILES string of the molecule is O=C(O)/C=C/C(=O)O.O=C(O)/C=C/C(=O)O.[2H]C([2H])(O)C([2H])([2H])N1CCN(CCCN2c3ccccc3Sc3ccc(C(C)=O)cc32)CC1. The van der Waals surface area contributed by atoms with Crippen molar-refractivity contribution in [3.63, 3.8) is 0 Å². The maximum atomic E-state index is 12.0. The van der Waals surface area contributed by atoms with Gasteiger partial charge in [-0.15, -0.1) is 0 Å². The number of ketones is 1. The number of carbonyl (C=O) groups excluding carboxylic acids is 1. The van der Waals surface area contributed by atoms with Crippen LogP contribution < -0.4 is 4.90 Å². The van der Waals surface area contributed by atoms with E-state index in [1.807, 2.05) is 30.3 Å². The number of carboxylic acid groups (broad SMARTS) is 4. The zero-order valence-electron chi connectivity index (χ0n) is 28.3. The Morgan fingerprint density at radius 3 is 1.78 bits per heavy atom. The number of hydrogen-bond acceptors (Lipinski definition) is 10. The number of β-amino-alcohol motifs (C(OH)–C–C–N with tert-alkyl or cyclic N) is 1. The van der Waals surface area contributed by atoms with Gasteiger partial charge in [-0.3, -0.25) is 9.69 Å². The first kappa shape index (κ1) is 30.5.